The first kappa shape index (κ1) is 17.8. The molecular formula is C22H21N5O2. The molecule has 1 aliphatic heterocycles. The number of fused-ring (bicyclic) bond motifs is 3. The highest BCUT2D eigenvalue weighted by molar-refractivity contribution is 6.00. The van der Waals surface area contributed by atoms with E-state index >= 15 is 0 Å². The van der Waals surface area contributed by atoms with Gasteiger partial charge in [-0.1, -0.05) is 0 Å². The fourth-order valence-corrected chi connectivity index (χ4v) is 4.57. The summed E-state index contributed by atoms with van der Waals surface area (Å²) in [5.74, 6) is 2.38. The van der Waals surface area contributed by atoms with E-state index in [-0.39, 0.29) is 0 Å². The predicted molar refractivity (Wildman–Crippen MR) is 108 cm³/mol. The Bertz CT molecular complexity index is 1090. The van der Waals surface area contributed by atoms with Crippen LogP contribution in [0.25, 0.3) is 22.0 Å². The molecule has 1 saturated carbocycles. The summed E-state index contributed by atoms with van der Waals surface area (Å²) in [5.41, 5.74) is 2.05. The average Bonchev–Trinajstić information content (AvgIpc) is 2.98. The number of benzene rings is 1. The highest BCUT2D eigenvalue weighted by Gasteiger charge is 2.40. The minimum atomic E-state index is 0.358. The second-order valence-electron chi connectivity index (χ2n) is 7.65. The fourth-order valence-electron chi connectivity index (χ4n) is 4.57. The molecule has 7 heteroatoms. The van der Waals surface area contributed by atoms with Crippen molar-refractivity contribution >= 4 is 16.6 Å². The Hall–Kier alpha value is -3.24. The van der Waals surface area contributed by atoms with E-state index in [0.717, 1.165) is 35.4 Å². The van der Waals surface area contributed by atoms with Crippen molar-refractivity contribution in [1.29, 1.82) is 5.26 Å². The summed E-state index contributed by atoms with van der Waals surface area (Å²) < 4.78 is 11.2. The molecule has 146 valence electrons. The van der Waals surface area contributed by atoms with Crippen LogP contribution < -0.4 is 10.1 Å². The molecule has 2 aromatic heterocycles. The lowest BCUT2D eigenvalue weighted by molar-refractivity contribution is 0.0392. The van der Waals surface area contributed by atoms with Crippen LogP contribution in [0.5, 0.6) is 5.75 Å². The molecule has 2 bridgehead atoms. The van der Waals surface area contributed by atoms with Gasteiger partial charge in [0, 0.05) is 46.6 Å². The Morgan fingerprint density at radius 1 is 1.14 bits per heavy atom. The van der Waals surface area contributed by atoms with E-state index in [1.807, 2.05) is 18.3 Å². The first-order chi connectivity index (χ1) is 14.3. The van der Waals surface area contributed by atoms with Crippen LogP contribution in [-0.2, 0) is 4.74 Å². The third-order valence-corrected chi connectivity index (χ3v) is 6.06. The van der Waals surface area contributed by atoms with Gasteiger partial charge in [-0.05, 0) is 37.1 Å². The van der Waals surface area contributed by atoms with Crippen molar-refractivity contribution in [3.63, 3.8) is 0 Å². The predicted octanol–water partition coefficient (Wildman–Crippen LogP) is 3.41. The Labute approximate surface area is 168 Å². The van der Waals surface area contributed by atoms with E-state index in [1.165, 1.54) is 12.8 Å². The zero-order valence-electron chi connectivity index (χ0n) is 16.1. The Kier molecular flexibility index (Phi) is 4.49. The maximum absolute atomic E-state index is 9.17. The SMILES string of the molecule is COc1cc(C#N)ccc1-c1nnc(NC2[C@@H]3CC[C@H]2COC3)c2cnccc12. The van der Waals surface area contributed by atoms with E-state index in [1.54, 1.807) is 25.4 Å². The van der Waals surface area contributed by atoms with Crippen LogP contribution in [0.3, 0.4) is 0 Å². The molecule has 1 aliphatic carbocycles. The normalized spacial score (nSPS) is 23.0. The molecule has 2 fully saturated rings. The molecule has 1 saturated heterocycles. The molecule has 2 aliphatic rings. The van der Waals surface area contributed by atoms with Crippen LogP contribution in [0.1, 0.15) is 18.4 Å². The second kappa shape index (κ2) is 7.30. The molecular weight excluding hydrogens is 366 g/mol. The van der Waals surface area contributed by atoms with Gasteiger partial charge in [-0.25, -0.2) is 0 Å². The van der Waals surface area contributed by atoms with Crippen LogP contribution in [-0.4, -0.2) is 41.5 Å². The van der Waals surface area contributed by atoms with Gasteiger partial charge in [0.1, 0.15) is 11.4 Å². The van der Waals surface area contributed by atoms with E-state index in [4.69, 9.17) is 9.47 Å². The quantitative estimate of drug-likeness (QED) is 0.733. The zero-order valence-corrected chi connectivity index (χ0v) is 16.1. The number of methoxy groups -OCH3 is 1. The van der Waals surface area contributed by atoms with E-state index in [9.17, 15) is 5.26 Å². The monoisotopic (exact) mass is 387 g/mol. The summed E-state index contributed by atoms with van der Waals surface area (Å²) in [7, 11) is 1.59. The maximum Gasteiger partial charge on any atom is 0.158 e. The van der Waals surface area contributed by atoms with Crippen molar-refractivity contribution in [3.05, 3.63) is 42.2 Å². The van der Waals surface area contributed by atoms with Crippen molar-refractivity contribution in [2.45, 2.75) is 18.9 Å². The molecule has 1 aromatic carbocycles. The molecule has 3 aromatic rings. The Morgan fingerprint density at radius 2 is 1.97 bits per heavy atom. The van der Waals surface area contributed by atoms with Crippen LogP contribution >= 0.6 is 0 Å². The summed E-state index contributed by atoms with van der Waals surface area (Å²) in [6.07, 6.45) is 5.96. The molecule has 5 rings (SSSR count). The first-order valence-electron chi connectivity index (χ1n) is 9.81. The number of hydrogen-bond acceptors (Lipinski definition) is 7. The van der Waals surface area contributed by atoms with Gasteiger partial charge in [-0.3, -0.25) is 4.98 Å². The largest absolute Gasteiger partial charge is 0.496 e. The number of aromatic nitrogens is 3. The summed E-state index contributed by atoms with van der Waals surface area (Å²) in [5, 5.41) is 23.8. The number of anilines is 1. The summed E-state index contributed by atoms with van der Waals surface area (Å²) in [6, 6.07) is 9.78. The third-order valence-electron chi connectivity index (χ3n) is 6.06. The van der Waals surface area contributed by atoms with Crippen LogP contribution in [0, 0.1) is 23.2 Å². The van der Waals surface area contributed by atoms with Crippen molar-refractivity contribution in [3.8, 4) is 23.1 Å². The van der Waals surface area contributed by atoms with Crippen LogP contribution in [0.2, 0.25) is 0 Å². The van der Waals surface area contributed by atoms with Crippen LogP contribution in [0.4, 0.5) is 5.82 Å². The molecule has 3 atom stereocenters. The number of nitrogens with one attached hydrogen (secondary N) is 1. The molecule has 0 amide bonds. The average molecular weight is 387 g/mol. The lowest BCUT2D eigenvalue weighted by atomic mass is 9.96. The van der Waals surface area contributed by atoms with Gasteiger partial charge in [0.2, 0.25) is 0 Å². The fraction of sp³-hybridized carbons (Fsp3) is 0.364. The van der Waals surface area contributed by atoms with Crippen molar-refractivity contribution in [1.82, 2.24) is 15.2 Å². The molecule has 7 nitrogen and oxygen atoms in total. The van der Waals surface area contributed by atoms with Crippen molar-refractivity contribution in [2.24, 2.45) is 11.8 Å². The standard InChI is InChI=1S/C22H21N5O2/c1-28-19-8-13(9-23)2-5-17(19)21-16-6-7-24-10-18(16)22(27-26-21)25-20-14-3-4-15(20)12-29-11-14/h2,5-8,10,14-15,20H,3-4,11-12H2,1H3,(H,25,27)/t14-,15+,20?. The van der Waals surface area contributed by atoms with E-state index in [0.29, 0.717) is 34.9 Å². The molecule has 1 unspecified atom stereocenters. The van der Waals surface area contributed by atoms with E-state index < -0.39 is 0 Å². The number of nitrogens with zero attached hydrogens (tertiary/aromatic N) is 4. The number of nitriles is 1. The molecule has 3 heterocycles. The lowest BCUT2D eigenvalue weighted by Crippen LogP contribution is -2.39. The van der Waals surface area contributed by atoms with Gasteiger partial charge in [0.25, 0.3) is 0 Å². The van der Waals surface area contributed by atoms with Crippen LogP contribution in [0.15, 0.2) is 36.7 Å². The second-order valence-corrected chi connectivity index (χ2v) is 7.65. The van der Waals surface area contributed by atoms with Gasteiger partial charge in [-0.15, -0.1) is 10.2 Å². The molecule has 0 radical (unpaired) electrons. The highest BCUT2D eigenvalue weighted by atomic mass is 16.5. The van der Waals surface area contributed by atoms with Gasteiger partial charge in [-0.2, -0.15) is 5.26 Å². The van der Waals surface area contributed by atoms with Crippen molar-refractivity contribution < 1.29 is 9.47 Å². The Morgan fingerprint density at radius 3 is 2.72 bits per heavy atom. The van der Waals surface area contributed by atoms with Gasteiger partial charge >= 0.3 is 0 Å². The smallest absolute Gasteiger partial charge is 0.158 e. The van der Waals surface area contributed by atoms with Gasteiger partial charge in [0.15, 0.2) is 5.82 Å². The third kappa shape index (κ3) is 3.06. The highest BCUT2D eigenvalue weighted by Crippen LogP contribution is 2.39. The van der Waals surface area contributed by atoms with Crippen molar-refractivity contribution in [2.75, 3.05) is 25.6 Å². The summed E-state index contributed by atoms with van der Waals surface area (Å²) in [4.78, 5) is 4.32. The number of hydrogen-bond donors (Lipinski definition) is 1. The zero-order chi connectivity index (χ0) is 19.8. The minimum absolute atomic E-state index is 0.358. The number of ether oxygens (including phenoxy) is 2. The molecule has 1 N–H and O–H groups in total. The molecule has 29 heavy (non-hydrogen) atoms. The number of pyridine rings is 1. The minimum Gasteiger partial charge on any atom is -0.496 e. The van der Waals surface area contributed by atoms with Gasteiger partial charge in [0.05, 0.1) is 32.0 Å². The lowest BCUT2D eigenvalue weighted by Gasteiger charge is -2.31. The molecule has 0 spiro atoms. The first-order valence-corrected chi connectivity index (χ1v) is 9.81. The summed E-state index contributed by atoms with van der Waals surface area (Å²) in [6.45, 7) is 1.61. The van der Waals surface area contributed by atoms with Gasteiger partial charge < -0.3 is 14.8 Å². The van der Waals surface area contributed by atoms with E-state index in [2.05, 4.69) is 26.6 Å². The number of rotatable bonds is 4. The maximum atomic E-state index is 9.17. The summed E-state index contributed by atoms with van der Waals surface area (Å²) >= 11 is 0. The Balaban J connectivity index is 1.58. The topological polar surface area (TPSA) is 93.0 Å².